The quantitative estimate of drug-likeness (QED) is 0.251. The van der Waals surface area contributed by atoms with Crippen molar-refractivity contribution in [1.82, 2.24) is 0 Å². The molecule has 0 heterocycles. The maximum Gasteiger partial charge on any atom is 0.303 e. The number of fused-ring (bicyclic) bond motifs is 1. The molecule has 0 saturated carbocycles. The number of hydrogen-bond donors (Lipinski definition) is 1. The molecule has 180 valence electrons. The first-order valence-electron chi connectivity index (χ1n) is 11.8. The van der Waals surface area contributed by atoms with E-state index in [0.717, 1.165) is 33.4 Å². The SMILES string of the molecule is Cc1cc(OCCC(C)Oc2ccc3ccccc3c2Oc2ccccc2)ccc1CCC(=O)O. The second-order valence-electron chi connectivity index (χ2n) is 8.58. The average molecular weight is 471 g/mol. The fourth-order valence-corrected chi connectivity index (χ4v) is 3.93. The maximum atomic E-state index is 10.8. The Balaban J connectivity index is 1.40. The molecule has 0 radical (unpaired) electrons. The molecule has 35 heavy (non-hydrogen) atoms. The highest BCUT2D eigenvalue weighted by Crippen LogP contribution is 2.39. The zero-order chi connectivity index (χ0) is 24.6. The Hall–Kier alpha value is -3.99. The van der Waals surface area contributed by atoms with Gasteiger partial charge in [-0.2, -0.15) is 0 Å². The number of carbonyl (C=O) groups is 1. The van der Waals surface area contributed by atoms with Crippen LogP contribution in [0, 0.1) is 6.92 Å². The van der Waals surface area contributed by atoms with Crippen LogP contribution >= 0.6 is 0 Å². The van der Waals surface area contributed by atoms with E-state index < -0.39 is 5.97 Å². The summed E-state index contributed by atoms with van der Waals surface area (Å²) in [5.74, 6) is 2.13. The van der Waals surface area contributed by atoms with Crippen molar-refractivity contribution in [2.75, 3.05) is 6.61 Å². The highest BCUT2D eigenvalue weighted by molar-refractivity contribution is 5.91. The van der Waals surface area contributed by atoms with Crippen LogP contribution in [0.2, 0.25) is 0 Å². The number of ether oxygens (including phenoxy) is 3. The minimum atomic E-state index is -0.789. The van der Waals surface area contributed by atoms with Crippen LogP contribution in [0.25, 0.3) is 10.8 Å². The van der Waals surface area contributed by atoms with E-state index in [-0.39, 0.29) is 12.5 Å². The number of carboxylic acid groups (broad SMARTS) is 1. The van der Waals surface area contributed by atoms with Gasteiger partial charge in [-0.1, -0.05) is 54.6 Å². The highest BCUT2D eigenvalue weighted by Gasteiger charge is 2.15. The molecular weight excluding hydrogens is 440 g/mol. The average Bonchev–Trinajstić information content (AvgIpc) is 2.85. The molecular formula is C30H30O5. The Morgan fingerprint density at radius 2 is 1.69 bits per heavy atom. The molecule has 0 amide bonds. The number of rotatable bonds is 11. The molecule has 0 aliphatic heterocycles. The second kappa shape index (κ2) is 11.4. The van der Waals surface area contributed by atoms with E-state index in [1.54, 1.807) is 0 Å². The Morgan fingerprint density at radius 3 is 2.46 bits per heavy atom. The molecule has 5 nitrogen and oxygen atoms in total. The Morgan fingerprint density at radius 1 is 0.914 bits per heavy atom. The Bertz CT molecular complexity index is 1280. The summed E-state index contributed by atoms with van der Waals surface area (Å²) in [6.45, 7) is 4.49. The van der Waals surface area contributed by atoms with Crippen LogP contribution in [-0.2, 0) is 11.2 Å². The number of aryl methyl sites for hydroxylation is 2. The number of carboxylic acids is 1. The molecule has 1 unspecified atom stereocenters. The number of aliphatic carboxylic acids is 1. The third-order valence-corrected chi connectivity index (χ3v) is 5.85. The normalized spacial score (nSPS) is 11.7. The van der Waals surface area contributed by atoms with Crippen molar-refractivity contribution in [3.63, 3.8) is 0 Å². The largest absolute Gasteiger partial charge is 0.493 e. The van der Waals surface area contributed by atoms with E-state index in [1.165, 1.54) is 0 Å². The van der Waals surface area contributed by atoms with Crippen LogP contribution in [-0.4, -0.2) is 23.8 Å². The van der Waals surface area contributed by atoms with Gasteiger partial charge in [0.05, 0.1) is 12.7 Å². The first-order chi connectivity index (χ1) is 17.0. The lowest BCUT2D eigenvalue weighted by molar-refractivity contribution is -0.136. The Labute approximate surface area is 205 Å². The smallest absolute Gasteiger partial charge is 0.303 e. The first kappa shape index (κ1) is 24.1. The highest BCUT2D eigenvalue weighted by atomic mass is 16.5. The van der Waals surface area contributed by atoms with Crippen molar-refractivity contribution in [1.29, 1.82) is 0 Å². The van der Waals surface area contributed by atoms with Crippen LogP contribution in [0.1, 0.15) is 30.9 Å². The summed E-state index contributed by atoms with van der Waals surface area (Å²) in [6, 6.07) is 27.6. The van der Waals surface area contributed by atoms with Crippen molar-refractivity contribution in [3.8, 4) is 23.0 Å². The van der Waals surface area contributed by atoms with Gasteiger partial charge in [-0.3, -0.25) is 4.79 Å². The van der Waals surface area contributed by atoms with Crippen molar-refractivity contribution < 1.29 is 24.1 Å². The molecule has 1 N–H and O–H groups in total. The van der Waals surface area contributed by atoms with Gasteiger partial charge in [0.15, 0.2) is 11.5 Å². The molecule has 1 atom stereocenters. The summed E-state index contributed by atoms with van der Waals surface area (Å²) in [6.07, 6.45) is 1.24. The third kappa shape index (κ3) is 6.54. The van der Waals surface area contributed by atoms with E-state index in [4.69, 9.17) is 19.3 Å². The molecule has 5 heteroatoms. The van der Waals surface area contributed by atoms with Gasteiger partial charge in [-0.05, 0) is 67.1 Å². The zero-order valence-electron chi connectivity index (χ0n) is 20.1. The van der Waals surface area contributed by atoms with Gasteiger partial charge in [0.25, 0.3) is 0 Å². The Kier molecular flexibility index (Phi) is 7.88. The molecule has 0 fully saturated rings. The van der Waals surface area contributed by atoms with Gasteiger partial charge >= 0.3 is 5.97 Å². The predicted octanol–water partition coefficient (Wildman–Crippen LogP) is 7.19. The fraction of sp³-hybridized carbons (Fsp3) is 0.233. The molecule has 0 saturated heterocycles. The van der Waals surface area contributed by atoms with Gasteiger partial charge in [-0.15, -0.1) is 0 Å². The van der Waals surface area contributed by atoms with Gasteiger partial charge in [0.2, 0.25) is 0 Å². The minimum Gasteiger partial charge on any atom is -0.493 e. The van der Waals surface area contributed by atoms with Gasteiger partial charge in [0.1, 0.15) is 11.5 Å². The van der Waals surface area contributed by atoms with E-state index in [1.807, 2.05) is 92.7 Å². The van der Waals surface area contributed by atoms with Crippen molar-refractivity contribution in [2.24, 2.45) is 0 Å². The summed E-state index contributed by atoms with van der Waals surface area (Å²) in [7, 11) is 0. The predicted molar refractivity (Wildman–Crippen MR) is 138 cm³/mol. The van der Waals surface area contributed by atoms with Crippen LogP contribution in [0.3, 0.4) is 0 Å². The minimum absolute atomic E-state index is 0.0924. The summed E-state index contributed by atoms with van der Waals surface area (Å²) >= 11 is 0. The lowest BCUT2D eigenvalue weighted by Crippen LogP contribution is -2.16. The summed E-state index contributed by atoms with van der Waals surface area (Å²) in [4.78, 5) is 10.8. The molecule has 0 aliphatic rings. The number of hydrogen-bond acceptors (Lipinski definition) is 4. The first-order valence-corrected chi connectivity index (χ1v) is 11.8. The molecule has 4 aromatic rings. The summed E-state index contributed by atoms with van der Waals surface area (Å²) < 4.78 is 18.5. The number of para-hydroxylation sites is 1. The van der Waals surface area contributed by atoms with Gasteiger partial charge < -0.3 is 19.3 Å². The van der Waals surface area contributed by atoms with Crippen LogP contribution in [0.4, 0.5) is 0 Å². The number of benzene rings is 4. The van der Waals surface area contributed by atoms with Crippen molar-refractivity contribution >= 4 is 16.7 Å². The van der Waals surface area contributed by atoms with Crippen LogP contribution in [0.15, 0.2) is 84.9 Å². The van der Waals surface area contributed by atoms with Gasteiger partial charge in [0, 0.05) is 18.2 Å². The summed E-state index contributed by atoms with van der Waals surface area (Å²) in [5.41, 5.74) is 2.06. The van der Waals surface area contributed by atoms with E-state index in [0.29, 0.717) is 30.9 Å². The fourth-order valence-electron chi connectivity index (χ4n) is 3.93. The van der Waals surface area contributed by atoms with E-state index in [9.17, 15) is 4.79 Å². The lowest BCUT2D eigenvalue weighted by Gasteiger charge is -2.19. The molecule has 0 aromatic heterocycles. The second-order valence-corrected chi connectivity index (χ2v) is 8.58. The van der Waals surface area contributed by atoms with Crippen LogP contribution in [0.5, 0.6) is 23.0 Å². The van der Waals surface area contributed by atoms with Crippen LogP contribution < -0.4 is 14.2 Å². The van der Waals surface area contributed by atoms with E-state index >= 15 is 0 Å². The summed E-state index contributed by atoms with van der Waals surface area (Å²) in [5, 5.41) is 11.0. The molecule has 4 rings (SSSR count). The third-order valence-electron chi connectivity index (χ3n) is 5.85. The zero-order valence-corrected chi connectivity index (χ0v) is 20.1. The van der Waals surface area contributed by atoms with E-state index in [2.05, 4.69) is 6.07 Å². The lowest BCUT2D eigenvalue weighted by atomic mass is 10.0. The molecule has 0 spiro atoms. The monoisotopic (exact) mass is 470 g/mol. The van der Waals surface area contributed by atoms with Crippen molar-refractivity contribution in [3.05, 3.63) is 96.1 Å². The molecule has 4 aromatic carbocycles. The molecule has 0 aliphatic carbocycles. The van der Waals surface area contributed by atoms with Crippen molar-refractivity contribution in [2.45, 2.75) is 39.2 Å². The standard InChI is InChI=1S/C30H30O5/c1-21-20-26(15-12-23(21)14-17-29(31)32)33-19-18-22(2)34-28-16-13-24-8-6-7-11-27(24)30(28)35-25-9-4-3-5-10-25/h3-13,15-16,20,22H,14,17-19H2,1-2H3,(H,31,32). The topological polar surface area (TPSA) is 65.0 Å². The molecule has 0 bridgehead atoms. The van der Waals surface area contributed by atoms with Gasteiger partial charge in [-0.25, -0.2) is 0 Å². The maximum absolute atomic E-state index is 10.8.